The zero-order valence-electron chi connectivity index (χ0n) is 8.87. The van der Waals surface area contributed by atoms with Crippen LogP contribution in [0, 0.1) is 0 Å². The molecule has 0 aromatic heterocycles. The van der Waals surface area contributed by atoms with Crippen LogP contribution in [0.25, 0.3) is 0 Å². The summed E-state index contributed by atoms with van der Waals surface area (Å²) in [5, 5.41) is 0. The maximum absolute atomic E-state index is 11.4. The van der Waals surface area contributed by atoms with E-state index in [4.69, 9.17) is 4.74 Å². The van der Waals surface area contributed by atoms with Crippen LogP contribution in [0.3, 0.4) is 0 Å². The molecule has 0 aliphatic carbocycles. The highest BCUT2D eigenvalue weighted by atomic mass is 16.5. The Morgan fingerprint density at radius 1 is 1.43 bits per heavy atom. The molecule has 3 heteroatoms. The number of hydrogen-bond donors (Lipinski definition) is 0. The molecule has 0 aliphatic heterocycles. The average Bonchev–Trinajstić information content (AvgIpc) is 2.11. The second-order valence-corrected chi connectivity index (χ2v) is 3.05. The van der Waals surface area contributed by atoms with E-state index in [0.29, 0.717) is 0 Å². The molecule has 0 radical (unpaired) electrons. The van der Waals surface area contributed by atoms with Gasteiger partial charge in [-0.05, 0) is 19.9 Å². The van der Waals surface area contributed by atoms with E-state index in [2.05, 4.69) is 6.58 Å². The molecule has 0 spiro atoms. The Balaban J connectivity index is 4.67. The normalized spacial score (nSPS) is 11.3. The number of ketones is 1. The second-order valence-electron chi connectivity index (χ2n) is 3.05. The third-order valence-corrected chi connectivity index (χ3v) is 1.47. The molecule has 0 rings (SSSR count). The number of allylic oxidation sites excluding steroid dienone is 2. The van der Waals surface area contributed by atoms with E-state index in [1.807, 2.05) is 0 Å². The van der Waals surface area contributed by atoms with Gasteiger partial charge in [0.05, 0.1) is 6.10 Å². The van der Waals surface area contributed by atoms with Crippen LogP contribution in [-0.2, 0) is 14.3 Å². The van der Waals surface area contributed by atoms with Gasteiger partial charge < -0.3 is 4.74 Å². The van der Waals surface area contributed by atoms with Gasteiger partial charge in [0.1, 0.15) is 5.57 Å². The number of carbonyl (C=O) groups is 2. The van der Waals surface area contributed by atoms with Crippen LogP contribution in [0.15, 0.2) is 24.3 Å². The van der Waals surface area contributed by atoms with Gasteiger partial charge in [-0.15, -0.1) is 0 Å². The molecule has 14 heavy (non-hydrogen) atoms. The number of ether oxygens (including phenoxy) is 1. The van der Waals surface area contributed by atoms with E-state index in [0.717, 1.165) is 0 Å². The van der Waals surface area contributed by atoms with Gasteiger partial charge in [0.15, 0.2) is 5.78 Å². The molecule has 0 aromatic carbocycles. The fourth-order valence-electron chi connectivity index (χ4n) is 0.861. The van der Waals surface area contributed by atoms with Crippen molar-refractivity contribution in [1.29, 1.82) is 0 Å². The van der Waals surface area contributed by atoms with Crippen molar-refractivity contribution in [2.45, 2.75) is 33.3 Å². The minimum Gasteiger partial charge on any atom is -0.459 e. The standard InChI is InChI=1S/C11H16O3/c1-5-7-9(10(12)6-2)11(13)14-8(3)4/h5,7-8H,1,6H2,2-4H3. The van der Waals surface area contributed by atoms with E-state index in [9.17, 15) is 9.59 Å². The predicted molar refractivity (Wildman–Crippen MR) is 54.8 cm³/mol. The van der Waals surface area contributed by atoms with Crippen LogP contribution in [0.4, 0.5) is 0 Å². The quantitative estimate of drug-likeness (QED) is 0.222. The lowest BCUT2D eigenvalue weighted by molar-refractivity contribution is -0.143. The van der Waals surface area contributed by atoms with Crippen molar-refractivity contribution in [1.82, 2.24) is 0 Å². The summed E-state index contributed by atoms with van der Waals surface area (Å²) in [5.74, 6) is -0.803. The van der Waals surface area contributed by atoms with Gasteiger partial charge in [0.25, 0.3) is 0 Å². The maximum atomic E-state index is 11.4. The Morgan fingerprint density at radius 2 is 2.00 bits per heavy atom. The van der Waals surface area contributed by atoms with Crippen molar-refractivity contribution in [3.05, 3.63) is 24.3 Å². The third-order valence-electron chi connectivity index (χ3n) is 1.47. The largest absolute Gasteiger partial charge is 0.459 e. The van der Waals surface area contributed by atoms with Crippen LogP contribution < -0.4 is 0 Å². The second kappa shape index (κ2) is 6.13. The van der Waals surface area contributed by atoms with Crippen LogP contribution in [0.2, 0.25) is 0 Å². The first kappa shape index (κ1) is 12.6. The topological polar surface area (TPSA) is 43.4 Å². The lowest BCUT2D eigenvalue weighted by Gasteiger charge is -2.08. The molecule has 0 saturated carbocycles. The highest BCUT2D eigenvalue weighted by molar-refractivity contribution is 6.17. The van der Waals surface area contributed by atoms with Crippen molar-refractivity contribution in [3.63, 3.8) is 0 Å². The number of esters is 1. The zero-order valence-corrected chi connectivity index (χ0v) is 8.87. The summed E-state index contributed by atoms with van der Waals surface area (Å²) in [5.41, 5.74) is 0.0659. The minimum atomic E-state index is -0.577. The molecule has 3 nitrogen and oxygen atoms in total. The van der Waals surface area contributed by atoms with E-state index in [1.165, 1.54) is 12.2 Å². The molecule has 0 fully saturated rings. The van der Waals surface area contributed by atoms with Gasteiger partial charge in [-0.2, -0.15) is 0 Å². The molecule has 78 valence electrons. The van der Waals surface area contributed by atoms with Crippen molar-refractivity contribution < 1.29 is 14.3 Å². The number of hydrogen-bond acceptors (Lipinski definition) is 3. The Labute approximate surface area is 84.4 Å². The van der Waals surface area contributed by atoms with Gasteiger partial charge in [-0.25, -0.2) is 4.79 Å². The highest BCUT2D eigenvalue weighted by Crippen LogP contribution is 2.05. The maximum Gasteiger partial charge on any atom is 0.342 e. The average molecular weight is 196 g/mol. The summed E-state index contributed by atoms with van der Waals surface area (Å²) >= 11 is 0. The molecule has 0 atom stereocenters. The summed E-state index contributed by atoms with van der Waals surface area (Å²) in [7, 11) is 0. The predicted octanol–water partition coefficient (Wildman–Crippen LogP) is 2.03. The molecular formula is C11H16O3. The molecule has 0 unspecified atom stereocenters. The lowest BCUT2D eigenvalue weighted by Crippen LogP contribution is -2.18. The Kier molecular flexibility index (Phi) is 5.53. The third kappa shape index (κ3) is 4.03. The van der Waals surface area contributed by atoms with Crippen LogP contribution in [0.1, 0.15) is 27.2 Å². The summed E-state index contributed by atoms with van der Waals surface area (Å²) < 4.78 is 4.91. The molecule has 0 aromatic rings. The molecule has 0 saturated heterocycles. The monoisotopic (exact) mass is 196 g/mol. The zero-order chi connectivity index (χ0) is 11.1. The van der Waals surface area contributed by atoms with Crippen LogP contribution >= 0.6 is 0 Å². The lowest BCUT2D eigenvalue weighted by atomic mass is 10.1. The minimum absolute atomic E-state index is 0.0659. The summed E-state index contributed by atoms with van der Waals surface area (Å²) in [6.45, 7) is 8.61. The molecule has 0 bridgehead atoms. The number of Topliss-reactive ketones (excluding diaryl/α,β-unsaturated/α-hetero) is 1. The van der Waals surface area contributed by atoms with Gasteiger partial charge in [0, 0.05) is 6.42 Å². The molecule has 0 aliphatic rings. The molecule has 0 heterocycles. The van der Waals surface area contributed by atoms with Gasteiger partial charge in [-0.3, -0.25) is 4.79 Å². The van der Waals surface area contributed by atoms with Crippen molar-refractivity contribution in [2.75, 3.05) is 0 Å². The van der Waals surface area contributed by atoms with Crippen molar-refractivity contribution >= 4 is 11.8 Å². The first-order valence-electron chi connectivity index (χ1n) is 4.59. The van der Waals surface area contributed by atoms with E-state index in [-0.39, 0.29) is 23.9 Å². The summed E-state index contributed by atoms with van der Waals surface area (Å²) in [4.78, 5) is 22.7. The van der Waals surface area contributed by atoms with Gasteiger partial charge in [0.2, 0.25) is 0 Å². The Bertz CT molecular complexity index is 262. The van der Waals surface area contributed by atoms with E-state index in [1.54, 1.807) is 20.8 Å². The van der Waals surface area contributed by atoms with Crippen LogP contribution in [0.5, 0.6) is 0 Å². The molecule has 0 amide bonds. The summed E-state index contributed by atoms with van der Waals surface area (Å²) in [6, 6.07) is 0. The van der Waals surface area contributed by atoms with Crippen molar-refractivity contribution in [3.8, 4) is 0 Å². The Morgan fingerprint density at radius 3 is 2.36 bits per heavy atom. The molecular weight excluding hydrogens is 180 g/mol. The van der Waals surface area contributed by atoms with Gasteiger partial charge >= 0.3 is 5.97 Å². The number of carbonyl (C=O) groups excluding carboxylic acids is 2. The van der Waals surface area contributed by atoms with E-state index < -0.39 is 5.97 Å². The molecule has 0 N–H and O–H groups in total. The Hall–Kier alpha value is -1.38. The van der Waals surface area contributed by atoms with Gasteiger partial charge in [-0.1, -0.05) is 19.6 Å². The first-order valence-corrected chi connectivity index (χ1v) is 4.59. The first-order chi connectivity index (χ1) is 6.52. The fourth-order valence-corrected chi connectivity index (χ4v) is 0.861. The van der Waals surface area contributed by atoms with Crippen molar-refractivity contribution in [2.24, 2.45) is 0 Å². The fraction of sp³-hybridized carbons (Fsp3) is 0.455. The van der Waals surface area contributed by atoms with Crippen LogP contribution in [-0.4, -0.2) is 17.9 Å². The smallest absolute Gasteiger partial charge is 0.342 e. The number of rotatable bonds is 5. The van der Waals surface area contributed by atoms with E-state index >= 15 is 0 Å². The summed E-state index contributed by atoms with van der Waals surface area (Å²) in [6.07, 6.45) is 2.86. The SMILES string of the molecule is C=CC=C(C(=O)CC)C(=O)OC(C)C. The highest BCUT2D eigenvalue weighted by Gasteiger charge is 2.17.